The van der Waals surface area contributed by atoms with Gasteiger partial charge in [-0.1, -0.05) is 22.0 Å². The van der Waals surface area contributed by atoms with Crippen molar-refractivity contribution in [3.8, 4) is 0 Å². The molecule has 0 radical (unpaired) electrons. The van der Waals surface area contributed by atoms with Crippen LogP contribution in [-0.4, -0.2) is 53.1 Å². The standard InChI is InChI=1S/C20H26BrFN2O4/c1-20(2,3)28-19(26)24-10-12(27-4)8-17(24)18(25)23-16-7-11(5-6-15(16)22)13-9-14(13)21/h5-7,12-14,17H,8-10H2,1-4H3,(H,23,25)/t12-,13?,14?,17-/m1/s1. The van der Waals surface area contributed by atoms with Gasteiger partial charge in [0.05, 0.1) is 18.3 Å². The summed E-state index contributed by atoms with van der Waals surface area (Å²) >= 11 is 3.54. The number of nitrogens with one attached hydrogen (secondary N) is 1. The number of carbonyl (C=O) groups excluding carboxylic acids is 2. The Morgan fingerprint density at radius 2 is 1.96 bits per heavy atom. The molecule has 1 heterocycles. The summed E-state index contributed by atoms with van der Waals surface area (Å²) in [7, 11) is 1.54. The number of hydrogen-bond donors (Lipinski definition) is 1. The van der Waals surface area contributed by atoms with Crippen LogP contribution in [-0.2, 0) is 14.3 Å². The number of methoxy groups -OCH3 is 1. The molecule has 1 aromatic carbocycles. The number of anilines is 1. The number of alkyl halides is 1. The highest BCUT2D eigenvalue weighted by Gasteiger charge is 2.42. The zero-order valence-electron chi connectivity index (χ0n) is 16.5. The second-order valence-electron chi connectivity index (χ2n) is 8.33. The highest BCUT2D eigenvalue weighted by Crippen LogP contribution is 2.47. The fourth-order valence-corrected chi connectivity index (χ4v) is 4.04. The number of amides is 2. The van der Waals surface area contributed by atoms with E-state index in [4.69, 9.17) is 9.47 Å². The molecule has 6 nitrogen and oxygen atoms in total. The average molecular weight is 457 g/mol. The first-order chi connectivity index (χ1) is 13.1. The predicted molar refractivity (Wildman–Crippen MR) is 107 cm³/mol. The molecule has 0 aromatic heterocycles. The summed E-state index contributed by atoms with van der Waals surface area (Å²) in [6.45, 7) is 5.54. The molecular weight excluding hydrogens is 431 g/mol. The van der Waals surface area contributed by atoms with E-state index in [0.29, 0.717) is 17.2 Å². The predicted octanol–water partition coefficient (Wildman–Crippen LogP) is 4.04. The van der Waals surface area contributed by atoms with Gasteiger partial charge in [0.2, 0.25) is 5.91 Å². The molecule has 2 fully saturated rings. The first-order valence-corrected chi connectivity index (χ1v) is 10.3. The zero-order valence-corrected chi connectivity index (χ0v) is 18.1. The molecule has 1 saturated heterocycles. The van der Waals surface area contributed by atoms with E-state index in [9.17, 15) is 14.0 Å². The first kappa shape index (κ1) is 21.0. The number of carbonyl (C=O) groups is 2. The number of hydrogen-bond acceptors (Lipinski definition) is 4. The van der Waals surface area contributed by atoms with E-state index < -0.39 is 29.5 Å². The van der Waals surface area contributed by atoms with Crippen molar-refractivity contribution in [1.82, 2.24) is 4.90 Å². The Labute approximate surface area is 172 Å². The van der Waals surface area contributed by atoms with Crippen LogP contribution in [0.5, 0.6) is 0 Å². The summed E-state index contributed by atoms with van der Waals surface area (Å²) < 4.78 is 25.0. The van der Waals surface area contributed by atoms with Gasteiger partial charge in [0.1, 0.15) is 17.5 Å². The fourth-order valence-electron chi connectivity index (χ4n) is 3.33. The summed E-state index contributed by atoms with van der Waals surface area (Å²) in [6, 6.07) is 3.98. The lowest BCUT2D eigenvalue weighted by Gasteiger charge is -2.28. The molecule has 1 aromatic rings. The molecule has 4 atom stereocenters. The smallest absolute Gasteiger partial charge is 0.411 e. The molecule has 2 amide bonds. The summed E-state index contributed by atoms with van der Waals surface area (Å²) in [5.74, 6) is -0.625. The van der Waals surface area contributed by atoms with Gasteiger partial charge in [0.15, 0.2) is 0 Å². The lowest BCUT2D eigenvalue weighted by atomic mass is 10.1. The van der Waals surface area contributed by atoms with Gasteiger partial charge in [0, 0.05) is 18.4 Å². The SMILES string of the molecule is CO[C@@H]1C[C@H](C(=O)Nc2cc(C3CC3Br)ccc2F)N(C(=O)OC(C)(C)C)C1. The molecule has 1 saturated carbocycles. The highest BCUT2D eigenvalue weighted by molar-refractivity contribution is 9.09. The number of benzene rings is 1. The largest absolute Gasteiger partial charge is 0.444 e. The van der Waals surface area contributed by atoms with Crippen molar-refractivity contribution < 1.29 is 23.5 Å². The van der Waals surface area contributed by atoms with Crippen molar-refractivity contribution in [3.63, 3.8) is 0 Å². The highest BCUT2D eigenvalue weighted by atomic mass is 79.9. The third-order valence-electron chi connectivity index (χ3n) is 4.92. The fraction of sp³-hybridized carbons (Fsp3) is 0.600. The van der Waals surface area contributed by atoms with Crippen LogP contribution in [0.15, 0.2) is 18.2 Å². The summed E-state index contributed by atoms with van der Waals surface area (Å²) in [6.07, 6.45) is 0.458. The Kier molecular flexibility index (Phi) is 6.00. The van der Waals surface area contributed by atoms with E-state index in [1.165, 1.54) is 18.1 Å². The van der Waals surface area contributed by atoms with Crippen LogP contribution in [0.2, 0.25) is 0 Å². The lowest BCUT2D eigenvalue weighted by molar-refractivity contribution is -0.120. The number of nitrogens with zero attached hydrogens (tertiary/aromatic N) is 1. The molecule has 0 spiro atoms. The summed E-state index contributed by atoms with van der Waals surface area (Å²) in [5.41, 5.74) is 0.420. The van der Waals surface area contributed by atoms with Crippen molar-refractivity contribution in [2.75, 3.05) is 19.0 Å². The zero-order chi connectivity index (χ0) is 20.6. The number of halogens is 2. The Morgan fingerprint density at radius 1 is 1.29 bits per heavy atom. The molecular formula is C20H26BrFN2O4. The number of likely N-dealkylation sites (tertiary alicyclic amines) is 1. The van der Waals surface area contributed by atoms with Gasteiger partial charge in [-0.15, -0.1) is 0 Å². The Morgan fingerprint density at radius 3 is 2.54 bits per heavy atom. The van der Waals surface area contributed by atoms with E-state index in [2.05, 4.69) is 21.2 Å². The Hall–Kier alpha value is -1.67. The van der Waals surface area contributed by atoms with E-state index in [0.717, 1.165) is 12.0 Å². The third kappa shape index (κ3) is 4.84. The van der Waals surface area contributed by atoms with Crippen molar-refractivity contribution in [3.05, 3.63) is 29.6 Å². The first-order valence-electron chi connectivity index (χ1n) is 9.36. The Bertz CT molecular complexity index is 767. The molecule has 8 heteroatoms. The van der Waals surface area contributed by atoms with Gasteiger partial charge >= 0.3 is 6.09 Å². The van der Waals surface area contributed by atoms with Crippen molar-refractivity contribution >= 4 is 33.6 Å². The second-order valence-corrected chi connectivity index (χ2v) is 9.50. The molecule has 0 bridgehead atoms. The van der Waals surface area contributed by atoms with Crippen molar-refractivity contribution in [1.29, 1.82) is 0 Å². The molecule has 3 rings (SSSR count). The minimum atomic E-state index is -0.785. The average Bonchev–Trinajstić information content (AvgIpc) is 3.17. The van der Waals surface area contributed by atoms with E-state index in [-0.39, 0.29) is 18.3 Å². The van der Waals surface area contributed by atoms with Crippen molar-refractivity contribution in [2.45, 2.75) is 62.1 Å². The van der Waals surface area contributed by atoms with Crippen LogP contribution >= 0.6 is 15.9 Å². The molecule has 154 valence electrons. The van der Waals surface area contributed by atoms with Crippen LogP contribution < -0.4 is 5.32 Å². The number of rotatable bonds is 4. The van der Waals surface area contributed by atoms with Gasteiger partial charge in [-0.05, 0) is 50.8 Å². The third-order valence-corrected chi connectivity index (χ3v) is 5.93. The van der Waals surface area contributed by atoms with Gasteiger partial charge in [-0.3, -0.25) is 9.69 Å². The number of ether oxygens (including phenoxy) is 2. The monoisotopic (exact) mass is 456 g/mol. The lowest BCUT2D eigenvalue weighted by Crippen LogP contribution is -2.45. The normalized spacial score (nSPS) is 26.9. The van der Waals surface area contributed by atoms with Crippen LogP contribution in [0, 0.1) is 5.82 Å². The van der Waals surface area contributed by atoms with Gasteiger partial charge in [0.25, 0.3) is 0 Å². The maximum absolute atomic E-state index is 14.3. The Balaban J connectivity index is 1.75. The van der Waals surface area contributed by atoms with E-state index in [1.807, 2.05) is 0 Å². The van der Waals surface area contributed by atoms with Crippen LogP contribution in [0.3, 0.4) is 0 Å². The second kappa shape index (κ2) is 7.99. The van der Waals surface area contributed by atoms with Gasteiger partial charge in [-0.25, -0.2) is 9.18 Å². The molecule has 1 aliphatic heterocycles. The summed E-state index contributed by atoms with van der Waals surface area (Å²) in [4.78, 5) is 27.2. The minimum Gasteiger partial charge on any atom is -0.444 e. The van der Waals surface area contributed by atoms with Crippen molar-refractivity contribution in [2.24, 2.45) is 0 Å². The molecule has 28 heavy (non-hydrogen) atoms. The molecule has 1 N–H and O–H groups in total. The molecule has 2 aliphatic rings. The van der Waals surface area contributed by atoms with E-state index in [1.54, 1.807) is 32.9 Å². The molecule has 1 aliphatic carbocycles. The van der Waals surface area contributed by atoms with Crippen LogP contribution in [0.25, 0.3) is 0 Å². The van der Waals surface area contributed by atoms with Crippen LogP contribution in [0.4, 0.5) is 14.9 Å². The van der Waals surface area contributed by atoms with E-state index >= 15 is 0 Å². The molecule has 2 unspecified atom stereocenters. The quantitative estimate of drug-likeness (QED) is 0.694. The topological polar surface area (TPSA) is 67.9 Å². The summed E-state index contributed by atoms with van der Waals surface area (Å²) in [5, 5.41) is 2.65. The van der Waals surface area contributed by atoms with Crippen LogP contribution in [0.1, 0.15) is 45.1 Å². The maximum atomic E-state index is 14.3. The minimum absolute atomic E-state index is 0.124. The van der Waals surface area contributed by atoms with Gasteiger partial charge in [-0.2, -0.15) is 0 Å². The maximum Gasteiger partial charge on any atom is 0.411 e. The van der Waals surface area contributed by atoms with Gasteiger partial charge < -0.3 is 14.8 Å².